The molecule has 162 valence electrons. The van der Waals surface area contributed by atoms with Crippen LogP contribution >= 0.6 is 0 Å². The second-order valence-corrected chi connectivity index (χ2v) is 8.76. The predicted molar refractivity (Wildman–Crippen MR) is 123 cm³/mol. The number of ether oxygens (including phenoxy) is 1. The molecule has 1 saturated heterocycles. The van der Waals surface area contributed by atoms with E-state index in [1.54, 1.807) is 6.07 Å². The van der Waals surface area contributed by atoms with Crippen molar-refractivity contribution in [3.8, 4) is 11.8 Å². The van der Waals surface area contributed by atoms with Gasteiger partial charge in [-0.2, -0.15) is 9.97 Å². The zero-order chi connectivity index (χ0) is 21.4. The Morgan fingerprint density at radius 3 is 2.94 bits per heavy atom. The molecule has 3 N–H and O–H groups in total. The number of aromatic nitrogens is 2. The normalized spacial score (nSPS) is 19.4. The summed E-state index contributed by atoms with van der Waals surface area (Å²) in [5.41, 5.74) is 9.19. The molecule has 2 aliphatic rings. The topological polar surface area (TPSA) is 87.7 Å². The summed E-state index contributed by atoms with van der Waals surface area (Å²) in [6, 6.07) is 12.1. The van der Waals surface area contributed by atoms with Crippen LogP contribution in [0.2, 0.25) is 0 Å². The lowest BCUT2D eigenvalue weighted by Gasteiger charge is -2.32. The summed E-state index contributed by atoms with van der Waals surface area (Å²) in [7, 11) is 2.15. The zero-order valence-corrected chi connectivity index (χ0v) is 17.9. The SMILES string of the molecule is CN1CCCC(COc2nc(N)c3c(n2)CN(c2cc(O)cc4ccccc24)CC3)C1. The van der Waals surface area contributed by atoms with Gasteiger partial charge in [0.25, 0.3) is 0 Å². The van der Waals surface area contributed by atoms with Crippen LogP contribution in [0.1, 0.15) is 24.1 Å². The number of phenolic OH excluding ortho intramolecular Hbond substituents is 1. The number of rotatable bonds is 4. The number of phenols is 1. The minimum atomic E-state index is 0.267. The highest BCUT2D eigenvalue weighted by atomic mass is 16.5. The lowest BCUT2D eigenvalue weighted by molar-refractivity contribution is 0.144. The van der Waals surface area contributed by atoms with E-state index in [0.717, 1.165) is 53.8 Å². The third-order valence-electron chi connectivity index (χ3n) is 6.41. The quantitative estimate of drug-likeness (QED) is 0.671. The van der Waals surface area contributed by atoms with Crippen molar-refractivity contribution in [2.24, 2.45) is 5.92 Å². The minimum Gasteiger partial charge on any atom is -0.508 e. The summed E-state index contributed by atoms with van der Waals surface area (Å²) in [4.78, 5) is 13.7. The number of hydrogen-bond donors (Lipinski definition) is 2. The fraction of sp³-hybridized carbons (Fsp3) is 0.417. The van der Waals surface area contributed by atoms with Gasteiger partial charge in [-0.1, -0.05) is 24.3 Å². The maximum absolute atomic E-state index is 10.2. The van der Waals surface area contributed by atoms with E-state index in [1.165, 1.54) is 12.8 Å². The van der Waals surface area contributed by atoms with Crippen LogP contribution in [0.3, 0.4) is 0 Å². The minimum absolute atomic E-state index is 0.267. The standard InChI is InChI=1S/C24H29N5O2/c1-28-9-4-5-16(13-28)15-31-24-26-21-14-29(10-8-20(21)23(25)27-24)22-12-18(30)11-17-6-2-3-7-19(17)22/h2-3,6-7,11-12,16,30H,4-5,8-10,13-15H2,1H3,(H2,25,26,27). The van der Waals surface area contributed by atoms with Crippen molar-refractivity contribution in [1.82, 2.24) is 14.9 Å². The number of anilines is 2. The van der Waals surface area contributed by atoms with E-state index in [2.05, 4.69) is 27.9 Å². The Morgan fingerprint density at radius 2 is 2.06 bits per heavy atom. The molecular weight excluding hydrogens is 390 g/mol. The Labute approximate surface area is 182 Å². The average Bonchev–Trinajstić information content (AvgIpc) is 2.77. The number of fused-ring (bicyclic) bond motifs is 2. The summed E-state index contributed by atoms with van der Waals surface area (Å²) in [6.45, 7) is 4.21. The fourth-order valence-corrected chi connectivity index (χ4v) is 4.84. The third-order valence-corrected chi connectivity index (χ3v) is 6.41. The Hall–Kier alpha value is -3.06. The summed E-state index contributed by atoms with van der Waals surface area (Å²) >= 11 is 0. The van der Waals surface area contributed by atoms with E-state index < -0.39 is 0 Å². The van der Waals surface area contributed by atoms with Gasteiger partial charge in [0.2, 0.25) is 0 Å². The van der Waals surface area contributed by atoms with Crippen molar-refractivity contribution in [2.45, 2.75) is 25.8 Å². The smallest absolute Gasteiger partial charge is 0.318 e. The van der Waals surface area contributed by atoms with Crippen molar-refractivity contribution < 1.29 is 9.84 Å². The zero-order valence-electron chi connectivity index (χ0n) is 17.9. The van der Waals surface area contributed by atoms with E-state index in [-0.39, 0.29) is 5.75 Å². The average molecular weight is 420 g/mol. The molecule has 0 amide bonds. The molecule has 2 aromatic carbocycles. The second-order valence-electron chi connectivity index (χ2n) is 8.76. The molecule has 0 bridgehead atoms. The highest BCUT2D eigenvalue weighted by molar-refractivity contribution is 5.95. The van der Waals surface area contributed by atoms with Crippen molar-refractivity contribution in [3.63, 3.8) is 0 Å². The van der Waals surface area contributed by atoms with Crippen LogP contribution in [0.5, 0.6) is 11.8 Å². The summed E-state index contributed by atoms with van der Waals surface area (Å²) in [5, 5.41) is 12.4. The molecule has 1 aromatic heterocycles. The molecule has 1 atom stereocenters. The molecule has 0 aliphatic carbocycles. The lowest BCUT2D eigenvalue weighted by Crippen LogP contribution is -2.35. The van der Waals surface area contributed by atoms with Crippen LogP contribution in [0.4, 0.5) is 11.5 Å². The van der Waals surface area contributed by atoms with Gasteiger partial charge in [-0.3, -0.25) is 0 Å². The highest BCUT2D eigenvalue weighted by Gasteiger charge is 2.24. The van der Waals surface area contributed by atoms with Crippen LogP contribution in [0, 0.1) is 5.92 Å². The van der Waals surface area contributed by atoms with E-state index in [9.17, 15) is 5.11 Å². The number of benzene rings is 2. The van der Waals surface area contributed by atoms with Gasteiger partial charge >= 0.3 is 6.01 Å². The molecular formula is C24H29N5O2. The molecule has 1 unspecified atom stereocenters. The first-order valence-corrected chi connectivity index (χ1v) is 11.0. The first kappa shape index (κ1) is 19.9. The maximum Gasteiger partial charge on any atom is 0.318 e. The Bertz CT molecular complexity index is 1100. The molecule has 0 saturated carbocycles. The number of likely N-dealkylation sites (tertiary alicyclic amines) is 1. The molecule has 5 rings (SSSR count). The van der Waals surface area contributed by atoms with Gasteiger partial charge in [-0.25, -0.2) is 0 Å². The van der Waals surface area contributed by atoms with Crippen molar-refractivity contribution in [3.05, 3.63) is 47.7 Å². The van der Waals surface area contributed by atoms with E-state index in [1.807, 2.05) is 24.3 Å². The van der Waals surface area contributed by atoms with Gasteiger partial charge in [0.05, 0.1) is 18.8 Å². The number of nitrogens with two attached hydrogens (primary N) is 1. The summed E-state index contributed by atoms with van der Waals surface area (Å²) < 4.78 is 5.98. The van der Waals surface area contributed by atoms with Crippen LogP contribution in [0.25, 0.3) is 10.8 Å². The van der Waals surface area contributed by atoms with Gasteiger partial charge in [0.1, 0.15) is 11.6 Å². The van der Waals surface area contributed by atoms with Crippen molar-refractivity contribution in [1.29, 1.82) is 0 Å². The largest absolute Gasteiger partial charge is 0.508 e. The molecule has 2 aliphatic heterocycles. The van der Waals surface area contributed by atoms with Crippen LogP contribution < -0.4 is 15.4 Å². The van der Waals surface area contributed by atoms with Gasteiger partial charge in [0.15, 0.2) is 0 Å². The predicted octanol–water partition coefficient (Wildman–Crippen LogP) is 3.20. The molecule has 0 radical (unpaired) electrons. The van der Waals surface area contributed by atoms with E-state index in [4.69, 9.17) is 15.5 Å². The monoisotopic (exact) mass is 419 g/mol. The summed E-state index contributed by atoms with van der Waals surface area (Å²) in [5.74, 6) is 1.28. The van der Waals surface area contributed by atoms with Gasteiger partial charge in [-0.05, 0) is 44.3 Å². The molecule has 7 heteroatoms. The highest BCUT2D eigenvalue weighted by Crippen LogP contribution is 2.35. The van der Waals surface area contributed by atoms with Crippen LogP contribution in [0.15, 0.2) is 36.4 Å². The van der Waals surface area contributed by atoms with Gasteiger partial charge < -0.3 is 25.4 Å². The number of nitrogens with zero attached hydrogens (tertiary/aromatic N) is 4. The maximum atomic E-state index is 10.2. The van der Waals surface area contributed by atoms with Gasteiger partial charge in [-0.15, -0.1) is 0 Å². The number of nitrogen functional groups attached to an aromatic ring is 1. The summed E-state index contributed by atoms with van der Waals surface area (Å²) in [6.07, 6.45) is 3.13. The first-order chi connectivity index (χ1) is 15.1. The Morgan fingerprint density at radius 1 is 1.19 bits per heavy atom. The number of hydrogen-bond acceptors (Lipinski definition) is 7. The molecule has 7 nitrogen and oxygen atoms in total. The van der Waals surface area contributed by atoms with Crippen molar-refractivity contribution >= 4 is 22.3 Å². The molecule has 0 spiro atoms. The van der Waals surface area contributed by atoms with E-state index in [0.29, 0.717) is 30.9 Å². The molecule has 3 aromatic rings. The van der Waals surface area contributed by atoms with Crippen LogP contribution in [-0.4, -0.2) is 53.3 Å². The number of aromatic hydroxyl groups is 1. The number of piperidine rings is 1. The Balaban J connectivity index is 1.38. The van der Waals surface area contributed by atoms with Crippen LogP contribution in [-0.2, 0) is 13.0 Å². The Kier molecular flexibility index (Phi) is 5.28. The fourth-order valence-electron chi connectivity index (χ4n) is 4.84. The lowest BCUT2D eigenvalue weighted by atomic mass is 10.00. The third kappa shape index (κ3) is 4.10. The van der Waals surface area contributed by atoms with E-state index >= 15 is 0 Å². The molecule has 1 fully saturated rings. The first-order valence-electron chi connectivity index (χ1n) is 11.0. The van der Waals surface area contributed by atoms with Crippen molar-refractivity contribution in [2.75, 3.05) is 43.9 Å². The molecule has 31 heavy (non-hydrogen) atoms. The second kappa shape index (κ2) is 8.23. The van der Waals surface area contributed by atoms with Gasteiger partial charge in [0, 0.05) is 41.7 Å². The molecule has 3 heterocycles.